The summed E-state index contributed by atoms with van der Waals surface area (Å²) in [6, 6.07) is 0. The molecule has 7 nitrogen and oxygen atoms in total. The zero-order chi connectivity index (χ0) is 17.3. The van der Waals surface area contributed by atoms with E-state index in [0.717, 1.165) is 38.8 Å². The highest BCUT2D eigenvalue weighted by Gasteiger charge is 2.28. The van der Waals surface area contributed by atoms with Crippen LogP contribution in [0.15, 0.2) is 4.99 Å². The number of hydrogen-bond donors (Lipinski definition) is 2. The Morgan fingerprint density at radius 3 is 2.57 bits per heavy atom. The third kappa shape index (κ3) is 6.74. The SMILES string of the molecule is CCNC(=NCC(C)(C)N1CCOCC1)NCC(C)C(=O)OC. The Morgan fingerprint density at radius 1 is 1.35 bits per heavy atom. The number of methoxy groups -OCH3 is 1. The van der Waals surface area contributed by atoms with E-state index in [1.54, 1.807) is 0 Å². The third-order valence-corrected chi connectivity index (χ3v) is 4.01. The van der Waals surface area contributed by atoms with E-state index < -0.39 is 0 Å². The van der Waals surface area contributed by atoms with Crippen LogP contribution in [-0.2, 0) is 14.3 Å². The van der Waals surface area contributed by atoms with Crippen LogP contribution in [0, 0.1) is 5.92 Å². The van der Waals surface area contributed by atoms with Crippen molar-refractivity contribution in [3.8, 4) is 0 Å². The van der Waals surface area contributed by atoms with Crippen molar-refractivity contribution in [3.63, 3.8) is 0 Å². The number of aliphatic imine (C=N–C) groups is 1. The smallest absolute Gasteiger partial charge is 0.310 e. The molecular weight excluding hydrogens is 296 g/mol. The first-order chi connectivity index (χ1) is 10.9. The minimum absolute atomic E-state index is 0.0277. The maximum atomic E-state index is 11.5. The molecule has 2 N–H and O–H groups in total. The maximum Gasteiger partial charge on any atom is 0.310 e. The van der Waals surface area contributed by atoms with Crippen LogP contribution < -0.4 is 10.6 Å². The van der Waals surface area contributed by atoms with Gasteiger partial charge in [-0.2, -0.15) is 0 Å². The molecule has 0 radical (unpaired) electrons. The van der Waals surface area contributed by atoms with E-state index in [2.05, 4.69) is 34.4 Å². The Labute approximate surface area is 139 Å². The Bertz CT molecular complexity index is 393. The molecule has 0 bridgehead atoms. The lowest BCUT2D eigenvalue weighted by Gasteiger charge is -2.39. The van der Waals surface area contributed by atoms with Gasteiger partial charge < -0.3 is 20.1 Å². The van der Waals surface area contributed by atoms with E-state index in [1.807, 2.05) is 13.8 Å². The molecule has 0 aromatic rings. The number of carbonyl (C=O) groups is 1. The molecule has 1 aliphatic rings. The monoisotopic (exact) mass is 328 g/mol. The number of guanidine groups is 1. The van der Waals surface area contributed by atoms with Crippen LogP contribution in [0.5, 0.6) is 0 Å². The molecule has 1 aliphatic heterocycles. The molecule has 134 valence electrons. The first-order valence-corrected chi connectivity index (χ1v) is 8.33. The molecular formula is C16H32N4O3. The van der Waals surface area contributed by atoms with Gasteiger partial charge in [-0.05, 0) is 20.8 Å². The molecule has 1 atom stereocenters. The topological polar surface area (TPSA) is 75.2 Å². The summed E-state index contributed by atoms with van der Waals surface area (Å²) in [6.07, 6.45) is 0. The molecule has 0 aromatic carbocycles. The standard InChI is InChI=1S/C16H32N4O3/c1-6-17-15(18-11-13(2)14(21)22-5)19-12-16(3,4)20-7-9-23-10-8-20/h13H,6-12H2,1-5H3,(H2,17,18,19). The molecule has 7 heteroatoms. The van der Waals surface area contributed by atoms with Crippen molar-refractivity contribution in [1.29, 1.82) is 0 Å². The van der Waals surface area contributed by atoms with Gasteiger partial charge in [-0.3, -0.25) is 14.7 Å². The fraction of sp³-hybridized carbons (Fsp3) is 0.875. The van der Waals surface area contributed by atoms with Crippen molar-refractivity contribution in [2.24, 2.45) is 10.9 Å². The highest BCUT2D eigenvalue weighted by molar-refractivity contribution is 5.80. The van der Waals surface area contributed by atoms with Gasteiger partial charge in [-0.1, -0.05) is 6.92 Å². The zero-order valence-electron chi connectivity index (χ0n) is 15.1. The van der Waals surface area contributed by atoms with Gasteiger partial charge in [0.15, 0.2) is 5.96 Å². The zero-order valence-corrected chi connectivity index (χ0v) is 15.1. The molecule has 1 fully saturated rings. The van der Waals surface area contributed by atoms with Crippen molar-refractivity contribution in [2.75, 3.05) is 53.0 Å². The third-order valence-electron chi connectivity index (χ3n) is 4.01. The van der Waals surface area contributed by atoms with E-state index in [1.165, 1.54) is 7.11 Å². The second-order valence-electron chi connectivity index (χ2n) is 6.41. The quantitative estimate of drug-likeness (QED) is 0.402. The molecule has 1 saturated heterocycles. The molecule has 1 unspecified atom stereocenters. The first kappa shape index (κ1) is 19.7. The minimum atomic E-state index is -0.220. The van der Waals surface area contributed by atoms with Crippen LogP contribution in [0.2, 0.25) is 0 Å². The number of morpholine rings is 1. The van der Waals surface area contributed by atoms with Gasteiger partial charge in [0, 0.05) is 31.7 Å². The van der Waals surface area contributed by atoms with Crippen LogP contribution in [0.1, 0.15) is 27.7 Å². The maximum absolute atomic E-state index is 11.5. The average molecular weight is 328 g/mol. The number of nitrogens with one attached hydrogen (secondary N) is 2. The van der Waals surface area contributed by atoms with Gasteiger partial charge in [-0.25, -0.2) is 0 Å². The van der Waals surface area contributed by atoms with Crippen molar-refractivity contribution in [2.45, 2.75) is 33.2 Å². The lowest BCUT2D eigenvalue weighted by Crippen LogP contribution is -2.52. The summed E-state index contributed by atoms with van der Waals surface area (Å²) in [5.74, 6) is 0.294. The molecule has 0 aromatic heterocycles. The molecule has 0 amide bonds. The summed E-state index contributed by atoms with van der Waals surface area (Å²) >= 11 is 0. The summed E-state index contributed by atoms with van der Waals surface area (Å²) in [6.45, 7) is 13.6. The van der Waals surface area contributed by atoms with E-state index in [0.29, 0.717) is 13.1 Å². The second-order valence-corrected chi connectivity index (χ2v) is 6.41. The van der Waals surface area contributed by atoms with Crippen molar-refractivity contribution in [3.05, 3.63) is 0 Å². The number of esters is 1. The van der Waals surface area contributed by atoms with Gasteiger partial charge in [-0.15, -0.1) is 0 Å². The highest BCUT2D eigenvalue weighted by atomic mass is 16.5. The molecule has 23 heavy (non-hydrogen) atoms. The van der Waals surface area contributed by atoms with E-state index in [-0.39, 0.29) is 17.4 Å². The summed E-state index contributed by atoms with van der Waals surface area (Å²) < 4.78 is 10.2. The van der Waals surface area contributed by atoms with E-state index in [4.69, 9.17) is 9.47 Å². The predicted molar refractivity (Wildman–Crippen MR) is 91.6 cm³/mol. The summed E-state index contributed by atoms with van der Waals surface area (Å²) in [5.41, 5.74) is -0.0277. The summed E-state index contributed by atoms with van der Waals surface area (Å²) in [7, 11) is 1.41. The van der Waals surface area contributed by atoms with Crippen LogP contribution in [0.3, 0.4) is 0 Å². The second kappa shape index (κ2) is 9.72. The largest absolute Gasteiger partial charge is 0.469 e. The Hall–Kier alpha value is -1.34. The van der Waals surface area contributed by atoms with Gasteiger partial charge in [0.1, 0.15) is 0 Å². The summed E-state index contributed by atoms with van der Waals surface area (Å²) in [4.78, 5) is 18.5. The number of rotatable bonds is 7. The number of ether oxygens (including phenoxy) is 2. The van der Waals surface area contributed by atoms with Gasteiger partial charge in [0.2, 0.25) is 0 Å². The lowest BCUT2D eigenvalue weighted by molar-refractivity contribution is -0.144. The molecule has 0 saturated carbocycles. The van der Waals surface area contributed by atoms with Crippen LogP contribution >= 0.6 is 0 Å². The van der Waals surface area contributed by atoms with Gasteiger partial charge >= 0.3 is 5.97 Å². The molecule has 0 aliphatic carbocycles. The van der Waals surface area contributed by atoms with Crippen LogP contribution in [0.25, 0.3) is 0 Å². The molecule has 0 spiro atoms. The molecule has 1 rings (SSSR count). The Morgan fingerprint density at radius 2 is 2.00 bits per heavy atom. The highest BCUT2D eigenvalue weighted by Crippen LogP contribution is 2.16. The Balaban J connectivity index is 2.57. The number of hydrogen-bond acceptors (Lipinski definition) is 5. The summed E-state index contributed by atoms with van der Waals surface area (Å²) in [5, 5.41) is 6.42. The van der Waals surface area contributed by atoms with Crippen LogP contribution in [0.4, 0.5) is 0 Å². The van der Waals surface area contributed by atoms with Crippen LogP contribution in [-0.4, -0.2) is 75.4 Å². The van der Waals surface area contributed by atoms with Gasteiger partial charge in [0.05, 0.1) is 32.8 Å². The Kier molecular flexibility index (Phi) is 8.33. The van der Waals surface area contributed by atoms with Crippen molar-refractivity contribution in [1.82, 2.24) is 15.5 Å². The lowest BCUT2D eigenvalue weighted by atomic mass is 10.0. The van der Waals surface area contributed by atoms with Crippen molar-refractivity contribution >= 4 is 11.9 Å². The number of nitrogens with zero attached hydrogens (tertiary/aromatic N) is 2. The average Bonchev–Trinajstić information content (AvgIpc) is 2.57. The number of carbonyl (C=O) groups excluding carboxylic acids is 1. The predicted octanol–water partition coefficient (Wildman–Crippen LogP) is 0.461. The fourth-order valence-electron chi connectivity index (χ4n) is 2.42. The van der Waals surface area contributed by atoms with Gasteiger partial charge in [0.25, 0.3) is 0 Å². The van der Waals surface area contributed by atoms with E-state index >= 15 is 0 Å². The minimum Gasteiger partial charge on any atom is -0.469 e. The normalized spacial score (nSPS) is 18.4. The first-order valence-electron chi connectivity index (χ1n) is 8.33. The van der Waals surface area contributed by atoms with Crippen molar-refractivity contribution < 1.29 is 14.3 Å². The molecule has 1 heterocycles. The fourth-order valence-corrected chi connectivity index (χ4v) is 2.42. The van der Waals surface area contributed by atoms with E-state index in [9.17, 15) is 4.79 Å².